The molecular formula is C27H16F6. The molecule has 0 saturated carbocycles. The van der Waals surface area contributed by atoms with Crippen LogP contribution in [0.3, 0.4) is 0 Å². The van der Waals surface area contributed by atoms with E-state index in [-0.39, 0.29) is 16.5 Å². The fraction of sp³-hybridized carbons (Fsp3) is 0.111. The maximum atomic E-state index is 15.1. The van der Waals surface area contributed by atoms with Gasteiger partial charge in [-0.2, -0.15) is 13.2 Å². The number of alkyl halides is 3. The lowest BCUT2D eigenvalue weighted by Gasteiger charge is -2.12. The Bertz CT molecular complexity index is 1380. The average molecular weight is 454 g/mol. The van der Waals surface area contributed by atoms with Gasteiger partial charge in [-0.15, -0.1) is 0 Å². The van der Waals surface area contributed by atoms with Crippen molar-refractivity contribution in [3.63, 3.8) is 0 Å². The van der Waals surface area contributed by atoms with Gasteiger partial charge in [-0.25, -0.2) is 13.2 Å². The summed E-state index contributed by atoms with van der Waals surface area (Å²) in [6.07, 6.45) is -4.26. The predicted molar refractivity (Wildman–Crippen MR) is 116 cm³/mol. The fourth-order valence-electron chi connectivity index (χ4n) is 3.56. The third-order valence-electron chi connectivity index (χ3n) is 5.30. The summed E-state index contributed by atoms with van der Waals surface area (Å²) in [7, 11) is 0. The van der Waals surface area contributed by atoms with Crippen molar-refractivity contribution in [1.82, 2.24) is 0 Å². The Labute approximate surface area is 186 Å². The van der Waals surface area contributed by atoms with Crippen molar-refractivity contribution >= 4 is 10.8 Å². The first-order chi connectivity index (χ1) is 15.7. The van der Waals surface area contributed by atoms with E-state index in [1.165, 1.54) is 23.8 Å². The number of fused-ring (bicyclic) bond motifs is 1. The number of hydrogen-bond acceptors (Lipinski definition) is 0. The summed E-state index contributed by atoms with van der Waals surface area (Å²) >= 11 is 0. The Hall–Kier alpha value is -3.72. The van der Waals surface area contributed by atoms with Crippen LogP contribution in [0.1, 0.15) is 29.2 Å². The SMILES string of the molecule is CCc1ccc(C#Cc2ccc3c(F)c(-c4cc(F)c(C(F)(F)F)c(F)c4)ccc3c2)cc1. The molecule has 4 aromatic rings. The first-order valence-corrected chi connectivity index (χ1v) is 10.1. The molecule has 0 amide bonds. The molecule has 4 aromatic carbocycles. The number of halogens is 6. The van der Waals surface area contributed by atoms with Crippen molar-refractivity contribution in [2.45, 2.75) is 19.5 Å². The van der Waals surface area contributed by atoms with Crippen LogP contribution in [0.2, 0.25) is 0 Å². The van der Waals surface area contributed by atoms with Gasteiger partial charge in [0.1, 0.15) is 23.0 Å². The third-order valence-corrected chi connectivity index (χ3v) is 5.30. The molecule has 0 bridgehead atoms. The number of aryl methyl sites for hydroxylation is 1. The molecule has 0 unspecified atom stereocenters. The van der Waals surface area contributed by atoms with Gasteiger partial charge in [0.15, 0.2) is 0 Å². The normalized spacial score (nSPS) is 11.4. The summed E-state index contributed by atoms with van der Waals surface area (Å²) in [5.74, 6) is 1.67. The molecule has 0 spiro atoms. The molecular weight excluding hydrogens is 438 g/mol. The Morgan fingerprint density at radius 1 is 0.727 bits per heavy atom. The monoisotopic (exact) mass is 454 g/mol. The topological polar surface area (TPSA) is 0 Å². The van der Waals surface area contributed by atoms with Gasteiger partial charge in [0.25, 0.3) is 0 Å². The van der Waals surface area contributed by atoms with Crippen molar-refractivity contribution in [3.05, 3.63) is 106 Å². The molecule has 0 saturated heterocycles. The molecule has 166 valence electrons. The van der Waals surface area contributed by atoms with E-state index < -0.39 is 29.2 Å². The van der Waals surface area contributed by atoms with Gasteiger partial charge in [0.2, 0.25) is 0 Å². The van der Waals surface area contributed by atoms with Crippen LogP contribution in [-0.2, 0) is 12.6 Å². The lowest BCUT2D eigenvalue weighted by atomic mass is 9.97. The molecule has 0 aliphatic carbocycles. The second-order valence-electron chi connectivity index (χ2n) is 7.48. The van der Waals surface area contributed by atoms with Crippen molar-refractivity contribution in [3.8, 4) is 23.0 Å². The van der Waals surface area contributed by atoms with E-state index in [4.69, 9.17) is 0 Å². The molecule has 0 radical (unpaired) electrons. The van der Waals surface area contributed by atoms with Gasteiger partial charge in [-0.1, -0.05) is 49.1 Å². The maximum absolute atomic E-state index is 15.1. The highest BCUT2D eigenvalue weighted by atomic mass is 19.4. The van der Waals surface area contributed by atoms with Crippen LogP contribution in [0.5, 0.6) is 0 Å². The van der Waals surface area contributed by atoms with E-state index in [1.807, 2.05) is 24.3 Å². The summed E-state index contributed by atoms with van der Waals surface area (Å²) in [6.45, 7) is 2.06. The van der Waals surface area contributed by atoms with Gasteiger partial charge in [-0.05, 0) is 59.3 Å². The molecule has 0 aliphatic heterocycles. The first-order valence-electron chi connectivity index (χ1n) is 10.1. The van der Waals surface area contributed by atoms with Crippen LogP contribution in [0, 0.1) is 29.3 Å². The summed E-state index contributed by atoms with van der Waals surface area (Å²) in [6, 6.07) is 16.4. The second kappa shape index (κ2) is 8.67. The van der Waals surface area contributed by atoms with E-state index in [1.54, 1.807) is 12.1 Å². The Balaban J connectivity index is 1.70. The molecule has 0 aliphatic rings. The second-order valence-corrected chi connectivity index (χ2v) is 7.48. The summed E-state index contributed by atoms with van der Waals surface area (Å²) in [5, 5.41) is 0.656. The minimum Gasteiger partial charge on any atom is -0.206 e. The first kappa shape index (κ1) is 22.5. The molecule has 0 nitrogen and oxygen atoms in total. The zero-order chi connectivity index (χ0) is 23.8. The van der Waals surface area contributed by atoms with Crippen LogP contribution in [0.15, 0.2) is 66.7 Å². The van der Waals surface area contributed by atoms with Crippen LogP contribution in [0.25, 0.3) is 21.9 Å². The van der Waals surface area contributed by atoms with Gasteiger partial charge >= 0.3 is 6.18 Å². The summed E-state index contributed by atoms with van der Waals surface area (Å²) < 4.78 is 81.5. The van der Waals surface area contributed by atoms with Crippen LogP contribution in [-0.4, -0.2) is 0 Å². The quantitative estimate of drug-likeness (QED) is 0.213. The zero-order valence-corrected chi connectivity index (χ0v) is 17.3. The van der Waals surface area contributed by atoms with Crippen molar-refractivity contribution in [1.29, 1.82) is 0 Å². The number of hydrogen-bond donors (Lipinski definition) is 0. The van der Waals surface area contributed by atoms with Crippen molar-refractivity contribution < 1.29 is 26.3 Å². The average Bonchev–Trinajstić information content (AvgIpc) is 2.76. The van der Waals surface area contributed by atoms with Crippen molar-refractivity contribution in [2.24, 2.45) is 0 Å². The molecule has 0 N–H and O–H groups in total. The number of benzene rings is 4. The highest BCUT2D eigenvalue weighted by Crippen LogP contribution is 2.37. The molecule has 0 heterocycles. The Kier molecular flexibility index (Phi) is 5.90. The van der Waals surface area contributed by atoms with Crippen molar-refractivity contribution in [2.75, 3.05) is 0 Å². The Morgan fingerprint density at radius 2 is 1.33 bits per heavy atom. The molecule has 6 heteroatoms. The van der Waals surface area contributed by atoms with Crippen LogP contribution in [0.4, 0.5) is 26.3 Å². The van der Waals surface area contributed by atoms with E-state index in [2.05, 4.69) is 18.8 Å². The molecule has 33 heavy (non-hydrogen) atoms. The minimum atomic E-state index is -5.19. The molecule has 0 fully saturated rings. The Morgan fingerprint density at radius 3 is 1.94 bits per heavy atom. The van der Waals surface area contributed by atoms with E-state index in [0.717, 1.165) is 12.0 Å². The standard InChI is InChI=1S/C27H16F6/c1-2-16-3-5-17(6-4-16)7-8-18-9-11-21-19(13-18)10-12-22(26(21)30)20-14-23(28)25(24(29)15-20)27(31,32)33/h3-6,9-15H,2H2,1H3. The van der Waals surface area contributed by atoms with Gasteiger partial charge in [-0.3, -0.25) is 0 Å². The highest BCUT2D eigenvalue weighted by Gasteiger charge is 2.38. The molecule has 0 atom stereocenters. The fourth-order valence-corrected chi connectivity index (χ4v) is 3.56. The van der Waals surface area contributed by atoms with E-state index >= 15 is 4.39 Å². The zero-order valence-electron chi connectivity index (χ0n) is 17.3. The van der Waals surface area contributed by atoms with Crippen LogP contribution >= 0.6 is 0 Å². The molecule has 4 rings (SSSR count). The van der Waals surface area contributed by atoms with E-state index in [9.17, 15) is 22.0 Å². The lowest BCUT2D eigenvalue weighted by molar-refractivity contribution is -0.142. The van der Waals surface area contributed by atoms with Gasteiger partial charge in [0.05, 0.1) is 0 Å². The summed E-state index contributed by atoms with van der Waals surface area (Å²) in [5.41, 5.74) is 0.145. The summed E-state index contributed by atoms with van der Waals surface area (Å²) in [4.78, 5) is 0. The molecule has 0 aromatic heterocycles. The predicted octanol–water partition coefficient (Wildman–Crippen LogP) is 7.91. The van der Waals surface area contributed by atoms with Gasteiger partial charge < -0.3 is 0 Å². The third kappa shape index (κ3) is 4.58. The minimum absolute atomic E-state index is 0.158. The maximum Gasteiger partial charge on any atom is 0.422 e. The lowest BCUT2D eigenvalue weighted by Crippen LogP contribution is -2.11. The smallest absolute Gasteiger partial charge is 0.206 e. The van der Waals surface area contributed by atoms with Crippen LogP contribution < -0.4 is 0 Å². The highest BCUT2D eigenvalue weighted by molar-refractivity contribution is 5.89. The number of rotatable bonds is 2. The van der Waals surface area contributed by atoms with Gasteiger partial charge in [0, 0.05) is 22.1 Å². The largest absolute Gasteiger partial charge is 0.422 e. The van der Waals surface area contributed by atoms with E-state index in [0.29, 0.717) is 23.1 Å².